The summed E-state index contributed by atoms with van der Waals surface area (Å²) in [6.45, 7) is 4.87. The van der Waals surface area contributed by atoms with Crippen molar-refractivity contribution in [1.82, 2.24) is 5.32 Å². The van der Waals surface area contributed by atoms with E-state index in [9.17, 15) is 4.79 Å². The van der Waals surface area contributed by atoms with Crippen LogP contribution >= 0.6 is 40.7 Å². The smallest absolute Gasteiger partial charge is 0.228 e. The molecule has 2 fully saturated rings. The third kappa shape index (κ3) is 5.22. The van der Waals surface area contributed by atoms with E-state index < -0.39 is 0 Å². The molecule has 1 atom stereocenters. The monoisotopic (exact) mass is 425 g/mol. The largest absolute Gasteiger partial charge is 0.378 e. The Labute approximate surface area is 157 Å². The van der Waals surface area contributed by atoms with Gasteiger partial charge in [0.15, 0.2) is 0 Å². The van der Waals surface area contributed by atoms with E-state index in [-0.39, 0.29) is 36.6 Å². The number of anilines is 2. The standard InChI is InChI=1S/C15H20BrN3O2.2ClH/c16-12-1-2-14(19-5-7-21-8-6-19)13(9-12)18-15(20)11-3-4-17-10-11;;/h1-2,9,11,17H,3-8,10H2,(H,18,20);2*1H. The van der Waals surface area contributed by atoms with Gasteiger partial charge < -0.3 is 20.3 Å². The molecule has 0 aromatic heterocycles. The fourth-order valence-electron chi connectivity index (χ4n) is 2.80. The SMILES string of the molecule is Cl.Cl.O=C(Nc1cc(Br)ccc1N1CCOCC1)C1CCNC1. The summed E-state index contributed by atoms with van der Waals surface area (Å²) in [6, 6.07) is 6.04. The van der Waals surface area contributed by atoms with Crippen molar-refractivity contribution in [3.63, 3.8) is 0 Å². The summed E-state index contributed by atoms with van der Waals surface area (Å²) in [6.07, 6.45) is 0.909. The molecule has 130 valence electrons. The number of halogens is 3. The Balaban J connectivity index is 0.00000132. The zero-order valence-corrected chi connectivity index (χ0v) is 15.9. The Bertz CT molecular complexity index is 521. The second kappa shape index (κ2) is 9.69. The van der Waals surface area contributed by atoms with Crippen molar-refractivity contribution in [2.24, 2.45) is 5.92 Å². The van der Waals surface area contributed by atoms with E-state index in [2.05, 4.69) is 37.5 Å². The number of morpholine rings is 1. The third-order valence-electron chi connectivity index (χ3n) is 4.00. The fourth-order valence-corrected chi connectivity index (χ4v) is 3.16. The minimum atomic E-state index is 0. The number of benzene rings is 1. The quantitative estimate of drug-likeness (QED) is 0.780. The summed E-state index contributed by atoms with van der Waals surface area (Å²) >= 11 is 3.49. The van der Waals surface area contributed by atoms with Crippen LogP contribution in [0.25, 0.3) is 0 Å². The molecule has 2 aliphatic rings. The maximum Gasteiger partial charge on any atom is 0.228 e. The molecular formula is C15H22BrCl2N3O2. The molecule has 2 aliphatic heterocycles. The maximum atomic E-state index is 12.4. The van der Waals surface area contributed by atoms with Crippen molar-refractivity contribution < 1.29 is 9.53 Å². The highest BCUT2D eigenvalue weighted by molar-refractivity contribution is 9.10. The normalized spacial score (nSPS) is 20.4. The predicted molar refractivity (Wildman–Crippen MR) is 101 cm³/mol. The highest BCUT2D eigenvalue weighted by Crippen LogP contribution is 2.30. The first kappa shape index (κ1) is 20.5. The van der Waals surface area contributed by atoms with Gasteiger partial charge in [-0.25, -0.2) is 0 Å². The van der Waals surface area contributed by atoms with Crippen LogP contribution in [0.1, 0.15) is 6.42 Å². The number of rotatable bonds is 3. The number of amides is 1. The highest BCUT2D eigenvalue weighted by atomic mass is 79.9. The lowest BCUT2D eigenvalue weighted by Crippen LogP contribution is -2.37. The molecule has 1 unspecified atom stereocenters. The van der Waals surface area contributed by atoms with E-state index in [0.717, 1.165) is 61.7 Å². The van der Waals surface area contributed by atoms with E-state index in [1.54, 1.807) is 0 Å². The van der Waals surface area contributed by atoms with Gasteiger partial charge in [-0.15, -0.1) is 24.8 Å². The topological polar surface area (TPSA) is 53.6 Å². The van der Waals surface area contributed by atoms with Crippen LogP contribution in [0.4, 0.5) is 11.4 Å². The summed E-state index contributed by atoms with van der Waals surface area (Å²) in [7, 11) is 0. The second-order valence-electron chi connectivity index (χ2n) is 5.44. The number of hydrogen-bond donors (Lipinski definition) is 2. The second-order valence-corrected chi connectivity index (χ2v) is 6.36. The van der Waals surface area contributed by atoms with Gasteiger partial charge in [0.05, 0.1) is 30.5 Å². The van der Waals surface area contributed by atoms with Crippen molar-refractivity contribution in [3.8, 4) is 0 Å². The molecule has 0 aliphatic carbocycles. The Morgan fingerprint density at radius 1 is 1.30 bits per heavy atom. The van der Waals surface area contributed by atoms with Gasteiger partial charge in [-0.3, -0.25) is 4.79 Å². The van der Waals surface area contributed by atoms with Crippen LogP contribution < -0.4 is 15.5 Å². The van der Waals surface area contributed by atoms with Crippen LogP contribution in [-0.4, -0.2) is 45.3 Å². The van der Waals surface area contributed by atoms with Crippen molar-refractivity contribution in [2.75, 3.05) is 49.6 Å². The van der Waals surface area contributed by atoms with E-state index >= 15 is 0 Å². The summed E-state index contributed by atoms with van der Waals surface area (Å²) in [5.41, 5.74) is 1.95. The summed E-state index contributed by atoms with van der Waals surface area (Å²) in [5, 5.41) is 6.33. The first-order chi connectivity index (χ1) is 10.2. The van der Waals surface area contributed by atoms with Crippen LogP contribution in [-0.2, 0) is 9.53 Å². The van der Waals surface area contributed by atoms with Gasteiger partial charge in [-0.1, -0.05) is 15.9 Å². The molecule has 1 aromatic carbocycles. The van der Waals surface area contributed by atoms with Crippen LogP contribution in [0.2, 0.25) is 0 Å². The minimum Gasteiger partial charge on any atom is -0.378 e. The molecule has 8 heteroatoms. The van der Waals surface area contributed by atoms with Crippen LogP contribution in [0.5, 0.6) is 0 Å². The van der Waals surface area contributed by atoms with Gasteiger partial charge in [0, 0.05) is 24.1 Å². The third-order valence-corrected chi connectivity index (χ3v) is 4.49. The van der Waals surface area contributed by atoms with Gasteiger partial charge in [-0.2, -0.15) is 0 Å². The summed E-state index contributed by atoms with van der Waals surface area (Å²) < 4.78 is 6.37. The average molecular weight is 427 g/mol. The van der Waals surface area contributed by atoms with Gasteiger partial charge in [0.25, 0.3) is 0 Å². The van der Waals surface area contributed by atoms with Crippen molar-refractivity contribution in [1.29, 1.82) is 0 Å². The first-order valence-corrected chi connectivity index (χ1v) is 8.17. The molecule has 0 bridgehead atoms. The maximum absolute atomic E-state index is 12.4. The Hall–Kier alpha value is -0.530. The zero-order chi connectivity index (χ0) is 14.7. The van der Waals surface area contributed by atoms with E-state index in [0.29, 0.717) is 0 Å². The van der Waals surface area contributed by atoms with Crippen molar-refractivity contribution in [3.05, 3.63) is 22.7 Å². The Kier molecular flexibility index (Phi) is 8.64. The molecule has 2 N–H and O–H groups in total. The summed E-state index contributed by atoms with van der Waals surface area (Å²) in [5.74, 6) is 0.175. The molecule has 2 heterocycles. The molecule has 0 radical (unpaired) electrons. The number of nitrogens with zero attached hydrogens (tertiary/aromatic N) is 1. The fraction of sp³-hybridized carbons (Fsp3) is 0.533. The first-order valence-electron chi connectivity index (χ1n) is 7.38. The molecule has 1 aromatic rings. The molecule has 3 rings (SSSR count). The number of nitrogens with one attached hydrogen (secondary N) is 2. The number of ether oxygens (including phenoxy) is 1. The molecule has 5 nitrogen and oxygen atoms in total. The molecule has 2 saturated heterocycles. The van der Waals surface area contributed by atoms with Crippen molar-refractivity contribution >= 4 is 58.0 Å². The van der Waals surface area contributed by atoms with Crippen LogP contribution in [0, 0.1) is 5.92 Å². The molecule has 0 saturated carbocycles. The zero-order valence-electron chi connectivity index (χ0n) is 12.7. The van der Waals surface area contributed by atoms with Gasteiger partial charge in [-0.05, 0) is 31.2 Å². The minimum absolute atomic E-state index is 0. The van der Waals surface area contributed by atoms with Crippen LogP contribution in [0.15, 0.2) is 22.7 Å². The van der Waals surface area contributed by atoms with E-state index in [1.165, 1.54) is 0 Å². The van der Waals surface area contributed by atoms with Gasteiger partial charge in [0.2, 0.25) is 5.91 Å². The van der Waals surface area contributed by atoms with E-state index in [4.69, 9.17) is 4.74 Å². The summed E-state index contributed by atoms with van der Waals surface area (Å²) in [4.78, 5) is 14.6. The lowest BCUT2D eigenvalue weighted by molar-refractivity contribution is -0.119. The lowest BCUT2D eigenvalue weighted by atomic mass is 10.1. The Morgan fingerprint density at radius 2 is 2.04 bits per heavy atom. The van der Waals surface area contributed by atoms with E-state index in [1.807, 2.05) is 12.1 Å². The highest BCUT2D eigenvalue weighted by Gasteiger charge is 2.24. The number of carbonyl (C=O) groups excluding carboxylic acids is 1. The molecule has 23 heavy (non-hydrogen) atoms. The molecule has 0 spiro atoms. The van der Waals surface area contributed by atoms with Gasteiger partial charge in [0.1, 0.15) is 0 Å². The lowest BCUT2D eigenvalue weighted by Gasteiger charge is -2.30. The van der Waals surface area contributed by atoms with Crippen molar-refractivity contribution in [2.45, 2.75) is 6.42 Å². The number of carbonyl (C=O) groups is 1. The Morgan fingerprint density at radius 3 is 2.70 bits per heavy atom. The molecular weight excluding hydrogens is 405 g/mol. The van der Waals surface area contributed by atoms with Crippen LogP contribution in [0.3, 0.4) is 0 Å². The van der Waals surface area contributed by atoms with Gasteiger partial charge >= 0.3 is 0 Å². The number of hydrogen-bond acceptors (Lipinski definition) is 4. The molecule has 1 amide bonds. The average Bonchev–Trinajstić information content (AvgIpc) is 3.03. The predicted octanol–water partition coefficient (Wildman–Crippen LogP) is 2.68.